The first-order chi connectivity index (χ1) is 9.65. The highest BCUT2D eigenvalue weighted by Crippen LogP contribution is 2.28. The highest BCUT2D eigenvalue weighted by atomic mass is 16.3. The van der Waals surface area contributed by atoms with Crippen LogP contribution < -0.4 is 11.3 Å². The second kappa shape index (κ2) is 4.61. The van der Waals surface area contributed by atoms with Crippen LogP contribution in [0.15, 0.2) is 46.1 Å². The van der Waals surface area contributed by atoms with Gasteiger partial charge in [-0.05, 0) is 12.1 Å². The largest absolute Gasteiger partial charge is 0.472 e. The summed E-state index contributed by atoms with van der Waals surface area (Å²) in [5.74, 6) is 0.162. The summed E-state index contributed by atoms with van der Waals surface area (Å²) in [5, 5.41) is 4.20. The second-order valence-electron chi connectivity index (χ2n) is 4.18. The minimum absolute atomic E-state index is 0.162. The van der Waals surface area contributed by atoms with Gasteiger partial charge in [0.05, 0.1) is 23.9 Å². The van der Waals surface area contributed by atoms with Crippen LogP contribution in [0.5, 0.6) is 0 Å². The minimum atomic E-state index is -0.185. The number of nitrogens with two attached hydrogens (primary N) is 1. The zero-order valence-electron chi connectivity index (χ0n) is 10.6. The Kier molecular flexibility index (Phi) is 2.79. The standard InChI is InChI=1S/C13H11N5O2/c1-18-11(19)3-2-10(17-18)9-6-15-13(14)16-12(9)8-4-5-20-7-8/h2-7H,1H3,(H2,14,15,16). The number of furan rings is 1. The first kappa shape index (κ1) is 12.1. The Morgan fingerprint density at radius 2 is 2.15 bits per heavy atom. The van der Waals surface area contributed by atoms with Crippen LogP contribution in [0.1, 0.15) is 0 Å². The van der Waals surface area contributed by atoms with Crippen molar-refractivity contribution in [3.05, 3.63) is 47.3 Å². The summed E-state index contributed by atoms with van der Waals surface area (Å²) in [6.07, 6.45) is 4.69. The second-order valence-corrected chi connectivity index (χ2v) is 4.18. The molecule has 0 spiro atoms. The van der Waals surface area contributed by atoms with E-state index in [0.29, 0.717) is 17.0 Å². The summed E-state index contributed by atoms with van der Waals surface area (Å²) in [5.41, 5.74) is 8.09. The minimum Gasteiger partial charge on any atom is -0.472 e. The van der Waals surface area contributed by atoms with E-state index >= 15 is 0 Å². The van der Waals surface area contributed by atoms with E-state index < -0.39 is 0 Å². The van der Waals surface area contributed by atoms with Crippen LogP contribution in [0.25, 0.3) is 22.5 Å². The van der Waals surface area contributed by atoms with Crippen molar-refractivity contribution in [2.75, 3.05) is 5.73 Å². The molecule has 7 heteroatoms. The number of aryl methyl sites for hydroxylation is 1. The third-order valence-electron chi connectivity index (χ3n) is 2.84. The summed E-state index contributed by atoms with van der Waals surface area (Å²) < 4.78 is 6.32. The van der Waals surface area contributed by atoms with Gasteiger partial charge in [-0.25, -0.2) is 14.6 Å². The van der Waals surface area contributed by atoms with Gasteiger partial charge in [0.15, 0.2) is 0 Å². The van der Waals surface area contributed by atoms with Gasteiger partial charge in [-0.3, -0.25) is 4.79 Å². The predicted molar refractivity (Wildman–Crippen MR) is 72.6 cm³/mol. The summed E-state index contributed by atoms with van der Waals surface area (Å²) in [7, 11) is 1.58. The number of hydrogen-bond acceptors (Lipinski definition) is 6. The maximum absolute atomic E-state index is 11.4. The van der Waals surface area contributed by atoms with E-state index in [-0.39, 0.29) is 11.5 Å². The SMILES string of the molecule is Cn1nc(-c2cnc(N)nc2-c2ccoc2)ccc1=O. The Morgan fingerprint density at radius 1 is 1.30 bits per heavy atom. The van der Waals surface area contributed by atoms with Gasteiger partial charge in [0, 0.05) is 30.4 Å². The maximum atomic E-state index is 11.4. The molecule has 0 radical (unpaired) electrons. The predicted octanol–water partition coefficient (Wildman–Crippen LogP) is 1.08. The van der Waals surface area contributed by atoms with Crippen molar-refractivity contribution in [1.82, 2.24) is 19.7 Å². The monoisotopic (exact) mass is 269 g/mol. The molecule has 0 aromatic carbocycles. The van der Waals surface area contributed by atoms with E-state index in [4.69, 9.17) is 10.2 Å². The third kappa shape index (κ3) is 2.05. The lowest BCUT2D eigenvalue weighted by molar-refractivity contribution is 0.568. The fourth-order valence-electron chi connectivity index (χ4n) is 1.85. The molecule has 0 unspecified atom stereocenters. The zero-order valence-corrected chi connectivity index (χ0v) is 10.6. The van der Waals surface area contributed by atoms with Crippen LogP contribution in [0.3, 0.4) is 0 Å². The fraction of sp³-hybridized carbons (Fsp3) is 0.0769. The van der Waals surface area contributed by atoms with Crippen molar-refractivity contribution in [3.8, 4) is 22.5 Å². The third-order valence-corrected chi connectivity index (χ3v) is 2.84. The highest BCUT2D eigenvalue weighted by Gasteiger charge is 2.13. The molecule has 0 aliphatic rings. The lowest BCUT2D eigenvalue weighted by Crippen LogP contribution is -2.18. The molecular formula is C13H11N5O2. The molecule has 0 atom stereocenters. The molecular weight excluding hydrogens is 258 g/mol. The first-order valence-corrected chi connectivity index (χ1v) is 5.85. The molecule has 3 aromatic heterocycles. The molecule has 0 fully saturated rings. The first-order valence-electron chi connectivity index (χ1n) is 5.85. The van der Waals surface area contributed by atoms with Crippen LogP contribution in [-0.4, -0.2) is 19.7 Å². The lowest BCUT2D eigenvalue weighted by atomic mass is 10.1. The molecule has 0 bridgehead atoms. The van der Waals surface area contributed by atoms with Crippen molar-refractivity contribution in [2.24, 2.45) is 7.05 Å². The highest BCUT2D eigenvalue weighted by molar-refractivity contribution is 5.78. The van der Waals surface area contributed by atoms with Crippen molar-refractivity contribution in [3.63, 3.8) is 0 Å². The van der Waals surface area contributed by atoms with E-state index in [1.54, 1.807) is 37.9 Å². The lowest BCUT2D eigenvalue weighted by Gasteiger charge is -2.07. The maximum Gasteiger partial charge on any atom is 0.266 e. The van der Waals surface area contributed by atoms with E-state index in [0.717, 1.165) is 5.56 Å². The molecule has 0 amide bonds. The quantitative estimate of drug-likeness (QED) is 0.747. The normalized spacial score (nSPS) is 10.7. The molecule has 0 aliphatic carbocycles. The average Bonchev–Trinajstić information content (AvgIpc) is 2.96. The molecule has 0 saturated heterocycles. The number of anilines is 1. The van der Waals surface area contributed by atoms with Gasteiger partial charge in [0.25, 0.3) is 5.56 Å². The molecule has 3 rings (SSSR count). The van der Waals surface area contributed by atoms with Gasteiger partial charge in [0.2, 0.25) is 5.95 Å². The van der Waals surface area contributed by atoms with Gasteiger partial charge in [-0.2, -0.15) is 5.10 Å². The Morgan fingerprint density at radius 3 is 2.85 bits per heavy atom. The Balaban J connectivity index is 2.23. The summed E-state index contributed by atoms with van der Waals surface area (Å²) in [4.78, 5) is 19.6. The van der Waals surface area contributed by atoms with Gasteiger partial charge in [-0.1, -0.05) is 0 Å². The van der Waals surface area contributed by atoms with Crippen LogP contribution >= 0.6 is 0 Å². The van der Waals surface area contributed by atoms with Crippen LogP contribution in [0.4, 0.5) is 5.95 Å². The summed E-state index contributed by atoms with van der Waals surface area (Å²) >= 11 is 0. The zero-order chi connectivity index (χ0) is 14.1. The number of rotatable bonds is 2. The summed E-state index contributed by atoms with van der Waals surface area (Å²) in [6, 6.07) is 4.84. The number of aromatic nitrogens is 4. The van der Waals surface area contributed by atoms with Crippen LogP contribution in [-0.2, 0) is 7.05 Å². The molecule has 2 N–H and O–H groups in total. The molecule has 0 saturated carbocycles. The van der Waals surface area contributed by atoms with Gasteiger partial charge >= 0.3 is 0 Å². The topological polar surface area (TPSA) is 99.8 Å². The van der Waals surface area contributed by atoms with E-state index in [1.165, 1.54) is 10.7 Å². The Hall–Kier alpha value is -2.96. The molecule has 3 aromatic rings. The van der Waals surface area contributed by atoms with Crippen molar-refractivity contribution in [1.29, 1.82) is 0 Å². The molecule has 7 nitrogen and oxygen atoms in total. The van der Waals surface area contributed by atoms with Crippen molar-refractivity contribution >= 4 is 5.95 Å². The number of nitrogens with zero attached hydrogens (tertiary/aromatic N) is 4. The number of hydrogen-bond donors (Lipinski definition) is 1. The average molecular weight is 269 g/mol. The van der Waals surface area contributed by atoms with Gasteiger partial charge in [0.1, 0.15) is 0 Å². The molecule has 100 valence electrons. The fourth-order valence-corrected chi connectivity index (χ4v) is 1.85. The molecule has 20 heavy (non-hydrogen) atoms. The summed E-state index contributed by atoms with van der Waals surface area (Å²) in [6.45, 7) is 0. The van der Waals surface area contributed by atoms with Gasteiger partial charge in [-0.15, -0.1) is 0 Å². The van der Waals surface area contributed by atoms with Crippen molar-refractivity contribution < 1.29 is 4.42 Å². The number of nitrogen functional groups attached to an aromatic ring is 1. The van der Waals surface area contributed by atoms with E-state index in [1.807, 2.05) is 0 Å². The Labute approximate surface area is 113 Å². The van der Waals surface area contributed by atoms with E-state index in [2.05, 4.69) is 15.1 Å². The van der Waals surface area contributed by atoms with Crippen LogP contribution in [0.2, 0.25) is 0 Å². The van der Waals surface area contributed by atoms with Crippen molar-refractivity contribution in [2.45, 2.75) is 0 Å². The smallest absolute Gasteiger partial charge is 0.266 e. The molecule has 0 aliphatic heterocycles. The van der Waals surface area contributed by atoms with Crippen LogP contribution in [0, 0.1) is 0 Å². The molecule has 3 heterocycles. The van der Waals surface area contributed by atoms with Gasteiger partial charge < -0.3 is 10.2 Å². The van der Waals surface area contributed by atoms with E-state index in [9.17, 15) is 4.79 Å². The Bertz CT molecular complexity index is 808.